The standard InChI is InChI=1S/C14H15N5S3/c1-2-6-16-13-18-19-14(22-13)21-9-10-8-20-12(17-10)11-5-3-4-7-15-11/h3-5,7-8H,2,6,9H2,1H3,(H,16,18). The van der Waals surface area contributed by atoms with E-state index in [2.05, 4.69) is 37.8 Å². The van der Waals surface area contributed by atoms with Crippen LogP contribution < -0.4 is 5.32 Å². The summed E-state index contributed by atoms with van der Waals surface area (Å²) in [5, 5.41) is 15.5. The van der Waals surface area contributed by atoms with Gasteiger partial charge in [0.1, 0.15) is 5.01 Å². The first-order valence-corrected chi connectivity index (χ1v) is 9.59. The number of nitrogens with one attached hydrogen (secondary N) is 1. The Morgan fingerprint density at radius 1 is 1.27 bits per heavy atom. The third-order valence-corrected chi connectivity index (χ3v) is 5.67. The van der Waals surface area contributed by atoms with Crippen LogP contribution in [0, 0.1) is 0 Å². The zero-order chi connectivity index (χ0) is 15.2. The van der Waals surface area contributed by atoms with Gasteiger partial charge in [-0.3, -0.25) is 4.98 Å². The summed E-state index contributed by atoms with van der Waals surface area (Å²) in [6.45, 7) is 3.06. The van der Waals surface area contributed by atoms with E-state index in [0.717, 1.165) is 44.6 Å². The maximum Gasteiger partial charge on any atom is 0.206 e. The molecule has 0 aliphatic carbocycles. The fourth-order valence-corrected chi connectivity index (χ4v) is 4.26. The molecule has 0 spiro atoms. The van der Waals surface area contributed by atoms with E-state index in [4.69, 9.17) is 0 Å². The van der Waals surface area contributed by atoms with E-state index in [9.17, 15) is 0 Å². The van der Waals surface area contributed by atoms with Crippen LogP contribution in [0.1, 0.15) is 19.0 Å². The number of thioether (sulfide) groups is 1. The molecule has 0 unspecified atom stereocenters. The molecule has 8 heteroatoms. The Kier molecular flexibility index (Phi) is 5.36. The topological polar surface area (TPSA) is 63.6 Å². The molecule has 0 saturated carbocycles. The number of aromatic nitrogens is 4. The average Bonchev–Trinajstić information content (AvgIpc) is 3.21. The van der Waals surface area contributed by atoms with Crippen molar-refractivity contribution in [2.75, 3.05) is 11.9 Å². The smallest absolute Gasteiger partial charge is 0.206 e. The van der Waals surface area contributed by atoms with E-state index >= 15 is 0 Å². The van der Waals surface area contributed by atoms with Crippen molar-refractivity contribution < 1.29 is 0 Å². The molecule has 0 saturated heterocycles. The molecule has 0 amide bonds. The molecule has 3 heterocycles. The Morgan fingerprint density at radius 3 is 3.05 bits per heavy atom. The number of thiazole rings is 1. The molecule has 114 valence electrons. The summed E-state index contributed by atoms with van der Waals surface area (Å²) in [7, 11) is 0. The van der Waals surface area contributed by atoms with Gasteiger partial charge in [0.15, 0.2) is 4.34 Å². The number of nitrogens with zero attached hydrogens (tertiary/aromatic N) is 4. The van der Waals surface area contributed by atoms with Crippen LogP contribution in [0.15, 0.2) is 34.1 Å². The van der Waals surface area contributed by atoms with Gasteiger partial charge in [0, 0.05) is 23.9 Å². The maximum absolute atomic E-state index is 4.63. The highest BCUT2D eigenvalue weighted by atomic mass is 32.2. The maximum atomic E-state index is 4.63. The van der Waals surface area contributed by atoms with Gasteiger partial charge in [-0.25, -0.2) is 4.98 Å². The molecular formula is C14H15N5S3. The molecule has 0 aliphatic rings. The number of rotatable bonds is 7. The van der Waals surface area contributed by atoms with Crippen LogP contribution in [0.5, 0.6) is 0 Å². The van der Waals surface area contributed by atoms with Gasteiger partial charge in [0.2, 0.25) is 5.13 Å². The normalized spacial score (nSPS) is 10.8. The van der Waals surface area contributed by atoms with Crippen LogP contribution in [0.25, 0.3) is 10.7 Å². The zero-order valence-electron chi connectivity index (χ0n) is 12.0. The fraction of sp³-hybridized carbons (Fsp3) is 0.286. The van der Waals surface area contributed by atoms with Crippen LogP contribution in [-0.4, -0.2) is 26.7 Å². The molecule has 0 radical (unpaired) electrons. The highest BCUT2D eigenvalue weighted by Gasteiger charge is 2.08. The Morgan fingerprint density at radius 2 is 2.23 bits per heavy atom. The quantitative estimate of drug-likeness (QED) is 0.646. The average molecular weight is 350 g/mol. The van der Waals surface area contributed by atoms with E-state index in [1.165, 1.54) is 0 Å². The Balaban J connectivity index is 1.58. The van der Waals surface area contributed by atoms with Crippen molar-refractivity contribution in [3.63, 3.8) is 0 Å². The summed E-state index contributed by atoms with van der Waals surface area (Å²) >= 11 is 4.88. The van der Waals surface area contributed by atoms with Gasteiger partial charge >= 0.3 is 0 Å². The van der Waals surface area contributed by atoms with Gasteiger partial charge in [-0.1, -0.05) is 36.1 Å². The summed E-state index contributed by atoms with van der Waals surface area (Å²) in [6.07, 6.45) is 2.87. The van der Waals surface area contributed by atoms with Crippen molar-refractivity contribution in [3.8, 4) is 10.7 Å². The van der Waals surface area contributed by atoms with Gasteiger partial charge in [0.25, 0.3) is 0 Å². The van der Waals surface area contributed by atoms with Gasteiger partial charge < -0.3 is 5.32 Å². The molecular weight excluding hydrogens is 334 g/mol. The molecule has 3 aromatic heterocycles. The van der Waals surface area contributed by atoms with Crippen molar-refractivity contribution in [1.82, 2.24) is 20.2 Å². The Hall–Kier alpha value is -1.51. The van der Waals surface area contributed by atoms with E-state index in [-0.39, 0.29) is 0 Å². The minimum atomic E-state index is 0.797. The van der Waals surface area contributed by atoms with Crippen LogP contribution in [0.2, 0.25) is 0 Å². The van der Waals surface area contributed by atoms with Gasteiger partial charge in [-0.05, 0) is 18.6 Å². The fourth-order valence-electron chi connectivity index (χ4n) is 1.69. The predicted octanol–water partition coefficient (Wildman–Crippen LogP) is 4.17. The molecule has 0 bridgehead atoms. The predicted molar refractivity (Wildman–Crippen MR) is 93.6 cm³/mol. The van der Waals surface area contributed by atoms with E-state index in [0.29, 0.717) is 0 Å². The summed E-state index contributed by atoms with van der Waals surface area (Å²) in [6, 6.07) is 5.86. The monoisotopic (exact) mass is 349 g/mol. The van der Waals surface area contributed by atoms with Gasteiger partial charge in [-0.15, -0.1) is 21.5 Å². The molecule has 0 fully saturated rings. The first-order valence-electron chi connectivity index (χ1n) is 6.91. The molecule has 5 nitrogen and oxygen atoms in total. The van der Waals surface area contributed by atoms with Crippen molar-refractivity contribution in [2.24, 2.45) is 0 Å². The van der Waals surface area contributed by atoms with Crippen LogP contribution in [0.3, 0.4) is 0 Å². The number of hydrogen-bond acceptors (Lipinski definition) is 8. The summed E-state index contributed by atoms with van der Waals surface area (Å²) in [5.74, 6) is 0.797. The van der Waals surface area contributed by atoms with Crippen LogP contribution in [-0.2, 0) is 5.75 Å². The molecule has 0 aliphatic heterocycles. The minimum Gasteiger partial charge on any atom is -0.360 e. The Bertz CT molecular complexity index is 710. The largest absolute Gasteiger partial charge is 0.360 e. The van der Waals surface area contributed by atoms with Crippen molar-refractivity contribution >= 4 is 39.6 Å². The molecule has 0 aromatic carbocycles. The second-order valence-electron chi connectivity index (χ2n) is 4.45. The minimum absolute atomic E-state index is 0.797. The van der Waals surface area contributed by atoms with E-state index in [1.807, 2.05) is 18.2 Å². The second kappa shape index (κ2) is 7.66. The van der Waals surface area contributed by atoms with Crippen molar-refractivity contribution in [1.29, 1.82) is 0 Å². The van der Waals surface area contributed by atoms with E-state index in [1.54, 1.807) is 40.6 Å². The van der Waals surface area contributed by atoms with Gasteiger partial charge in [-0.2, -0.15) is 0 Å². The summed E-state index contributed by atoms with van der Waals surface area (Å²) in [5.41, 5.74) is 1.97. The molecule has 3 rings (SSSR count). The SMILES string of the molecule is CCCNc1nnc(SCc2csc(-c3ccccn3)n2)s1. The van der Waals surface area contributed by atoms with Crippen molar-refractivity contribution in [3.05, 3.63) is 35.5 Å². The zero-order valence-corrected chi connectivity index (χ0v) is 14.5. The number of hydrogen-bond donors (Lipinski definition) is 1. The van der Waals surface area contributed by atoms with E-state index < -0.39 is 0 Å². The second-order valence-corrected chi connectivity index (χ2v) is 7.51. The van der Waals surface area contributed by atoms with Crippen molar-refractivity contribution in [2.45, 2.75) is 23.4 Å². The molecule has 3 aromatic rings. The van der Waals surface area contributed by atoms with Crippen LogP contribution in [0.4, 0.5) is 5.13 Å². The molecule has 22 heavy (non-hydrogen) atoms. The third-order valence-electron chi connectivity index (χ3n) is 2.71. The number of pyridine rings is 1. The summed E-state index contributed by atoms with van der Waals surface area (Å²) < 4.78 is 0.964. The van der Waals surface area contributed by atoms with Gasteiger partial charge in [0.05, 0.1) is 11.4 Å². The van der Waals surface area contributed by atoms with Crippen LogP contribution >= 0.6 is 34.4 Å². The Labute approximate surface area is 141 Å². The number of anilines is 1. The first-order chi connectivity index (χ1) is 10.8. The molecule has 0 atom stereocenters. The lowest BCUT2D eigenvalue weighted by Crippen LogP contribution is -1.98. The lowest BCUT2D eigenvalue weighted by molar-refractivity contribution is 0.951. The first kappa shape index (κ1) is 15.4. The lowest BCUT2D eigenvalue weighted by atomic mass is 10.4. The summed E-state index contributed by atoms with van der Waals surface area (Å²) in [4.78, 5) is 8.95. The highest BCUT2D eigenvalue weighted by Crippen LogP contribution is 2.30. The highest BCUT2D eigenvalue weighted by molar-refractivity contribution is 8.00. The molecule has 1 N–H and O–H groups in total. The lowest BCUT2D eigenvalue weighted by Gasteiger charge is -1.95. The third kappa shape index (κ3) is 4.02.